The number of nitrogens with one attached hydrogen (secondary N) is 2. The Morgan fingerprint density at radius 3 is 2.25 bits per heavy atom. The van der Waals surface area contributed by atoms with Crippen LogP contribution in [-0.4, -0.2) is 33.6 Å². The van der Waals surface area contributed by atoms with Gasteiger partial charge in [0.1, 0.15) is 17.1 Å². The number of primary amides is 1. The Labute approximate surface area is 161 Å². The molecule has 10 heteroatoms. The summed E-state index contributed by atoms with van der Waals surface area (Å²) in [6, 6.07) is 9.05. The highest BCUT2D eigenvalue weighted by Gasteiger charge is 2.38. The molecular formula is C18H20FN3O5S. The molecule has 0 radical (unpaired) electrons. The maximum Gasteiger partial charge on any atom is 0.252 e. The topological polar surface area (TPSA) is 128 Å². The Morgan fingerprint density at radius 2 is 1.75 bits per heavy atom. The van der Waals surface area contributed by atoms with Crippen LogP contribution in [-0.2, 0) is 20.4 Å². The van der Waals surface area contributed by atoms with Gasteiger partial charge < -0.3 is 15.8 Å². The molecule has 2 rings (SSSR count). The quantitative estimate of drug-likeness (QED) is 0.636. The van der Waals surface area contributed by atoms with Crippen molar-refractivity contribution in [3.05, 3.63) is 59.4 Å². The molecule has 150 valence electrons. The zero-order valence-corrected chi connectivity index (χ0v) is 16.3. The number of anilines is 1. The van der Waals surface area contributed by atoms with Gasteiger partial charge in [0.15, 0.2) is 0 Å². The lowest BCUT2D eigenvalue weighted by atomic mass is 9.92. The molecule has 0 aliphatic heterocycles. The van der Waals surface area contributed by atoms with Crippen LogP contribution in [0, 0.1) is 5.82 Å². The molecule has 0 heterocycles. The van der Waals surface area contributed by atoms with Gasteiger partial charge in [0.05, 0.1) is 18.9 Å². The number of halogens is 1. The molecule has 0 saturated heterocycles. The summed E-state index contributed by atoms with van der Waals surface area (Å²) in [6.45, 7) is 1.34. The summed E-state index contributed by atoms with van der Waals surface area (Å²) in [5, 5.41) is 2.54. The molecule has 1 unspecified atom stereocenters. The average Bonchev–Trinajstić information content (AvgIpc) is 2.60. The van der Waals surface area contributed by atoms with Crippen LogP contribution in [0.25, 0.3) is 0 Å². The molecular weight excluding hydrogens is 389 g/mol. The lowest BCUT2D eigenvalue weighted by molar-refractivity contribution is -0.121. The van der Waals surface area contributed by atoms with E-state index >= 15 is 0 Å². The Morgan fingerprint density at radius 1 is 1.14 bits per heavy atom. The van der Waals surface area contributed by atoms with Gasteiger partial charge in [0.2, 0.25) is 15.9 Å². The van der Waals surface area contributed by atoms with Crippen molar-refractivity contribution in [3.63, 3.8) is 0 Å². The van der Waals surface area contributed by atoms with E-state index < -0.39 is 33.2 Å². The molecule has 8 nitrogen and oxygen atoms in total. The van der Waals surface area contributed by atoms with Crippen molar-refractivity contribution in [1.82, 2.24) is 4.72 Å². The molecule has 0 aliphatic carbocycles. The zero-order valence-electron chi connectivity index (χ0n) is 15.4. The van der Waals surface area contributed by atoms with Crippen LogP contribution in [0.15, 0.2) is 42.5 Å². The van der Waals surface area contributed by atoms with Crippen LogP contribution in [0.5, 0.6) is 5.75 Å². The molecule has 2 aromatic rings. The first-order valence-corrected chi connectivity index (χ1v) is 9.89. The standard InChI is InChI=1S/C18H20FN3O5S/c1-18(22-28(3,25)26,11-4-6-12(19)7-5-11)17(24)21-13-8-9-15(27-2)14(10-13)16(20)23/h4-10,22H,1-3H3,(H2,20,23)(H,21,24). The van der Waals surface area contributed by atoms with Gasteiger partial charge >= 0.3 is 0 Å². The predicted molar refractivity (Wildman–Crippen MR) is 102 cm³/mol. The van der Waals surface area contributed by atoms with Crippen molar-refractivity contribution in [2.24, 2.45) is 5.73 Å². The molecule has 0 aromatic heterocycles. The van der Waals surface area contributed by atoms with E-state index in [4.69, 9.17) is 10.5 Å². The molecule has 2 amide bonds. The van der Waals surface area contributed by atoms with Crippen LogP contribution >= 0.6 is 0 Å². The SMILES string of the molecule is COc1ccc(NC(=O)C(C)(NS(C)(=O)=O)c2ccc(F)cc2)cc1C(N)=O. The van der Waals surface area contributed by atoms with Gasteiger partial charge in [-0.2, -0.15) is 4.72 Å². The average molecular weight is 409 g/mol. The third kappa shape index (κ3) is 4.84. The number of benzene rings is 2. The second kappa shape index (κ2) is 7.95. The highest BCUT2D eigenvalue weighted by atomic mass is 32.2. The number of rotatable bonds is 7. The van der Waals surface area contributed by atoms with E-state index in [2.05, 4.69) is 10.0 Å². The van der Waals surface area contributed by atoms with Crippen LogP contribution in [0.2, 0.25) is 0 Å². The van der Waals surface area contributed by atoms with Crippen LogP contribution in [0.1, 0.15) is 22.8 Å². The molecule has 28 heavy (non-hydrogen) atoms. The Kier molecular flexibility index (Phi) is 6.05. The van der Waals surface area contributed by atoms with E-state index in [0.717, 1.165) is 18.4 Å². The highest BCUT2D eigenvalue weighted by Crippen LogP contribution is 2.27. The van der Waals surface area contributed by atoms with Crippen molar-refractivity contribution >= 4 is 27.5 Å². The third-order valence-corrected chi connectivity index (χ3v) is 4.77. The van der Waals surface area contributed by atoms with Gasteiger partial charge in [-0.3, -0.25) is 9.59 Å². The Balaban J connectivity index is 2.45. The van der Waals surface area contributed by atoms with E-state index in [1.165, 1.54) is 44.4 Å². The second-order valence-corrected chi connectivity index (χ2v) is 7.99. The minimum atomic E-state index is -3.81. The maximum atomic E-state index is 13.3. The number of ether oxygens (including phenoxy) is 1. The zero-order chi connectivity index (χ0) is 21.1. The number of carbonyl (C=O) groups is 2. The van der Waals surface area contributed by atoms with Gasteiger partial charge in [0, 0.05) is 5.69 Å². The minimum absolute atomic E-state index is 0.0415. The van der Waals surface area contributed by atoms with E-state index in [9.17, 15) is 22.4 Å². The normalized spacial score (nSPS) is 13.4. The Bertz CT molecular complexity index is 1010. The first-order chi connectivity index (χ1) is 13.0. The van der Waals surface area contributed by atoms with Crippen molar-refractivity contribution in [1.29, 1.82) is 0 Å². The molecule has 0 fully saturated rings. The Hall–Kier alpha value is -2.98. The number of hydrogen-bond donors (Lipinski definition) is 3. The minimum Gasteiger partial charge on any atom is -0.496 e. The van der Waals surface area contributed by atoms with Gasteiger partial charge in [-0.05, 0) is 42.8 Å². The summed E-state index contributed by atoms with van der Waals surface area (Å²) in [5.74, 6) is -1.82. The summed E-state index contributed by atoms with van der Waals surface area (Å²) >= 11 is 0. The molecule has 0 bridgehead atoms. The summed E-state index contributed by atoms with van der Waals surface area (Å²) in [7, 11) is -2.45. The van der Waals surface area contributed by atoms with Crippen LogP contribution in [0.3, 0.4) is 0 Å². The van der Waals surface area contributed by atoms with E-state index in [1.807, 2.05) is 0 Å². The van der Waals surface area contributed by atoms with Crippen molar-refractivity contribution < 1.29 is 27.1 Å². The van der Waals surface area contributed by atoms with Crippen molar-refractivity contribution in [2.45, 2.75) is 12.5 Å². The van der Waals surface area contributed by atoms with Crippen molar-refractivity contribution in [2.75, 3.05) is 18.7 Å². The molecule has 1 atom stereocenters. The van der Waals surface area contributed by atoms with E-state index in [0.29, 0.717) is 0 Å². The number of methoxy groups -OCH3 is 1. The fraction of sp³-hybridized carbons (Fsp3) is 0.222. The number of hydrogen-bond acceptors (Lipinski definition) is 5. The summed E-state index contributed by atoms with van der Waals surface area (Å²) in [4.78, 5) is 24.5. The third-order valence-electron chi connectivity index (χ3n) is 3.99. The first kappa shape index (κ1) is 21.3. The number of nitrogens with two attached hydrogens (primary N) is 1. The number of carbonyl (C=O) groups excluding carboxylic acids is 2. The van der Waals surface area contributed by atoms with Gasteiger partial charge in [-0.25, -0.2) is 12.8 Å². The monoisotopic (exact) mass is 409 g/mol. The molecule has 2 aromatic carbocycles. The lowest BCUT2D eigenvalue weighted by Crippen LogP contribution is -2.51. The number of sulfonamides is 1. The van der Waals surface area contributed by atoms with Gasteiger partial charge in [-0.15, -0.1) is 0 Å². The van der Waals surface area contributed by atoms with Gasteiger partial charge in [0.25, 0.3) is 5.91 Å². The fourth-order valence-corrected chi connectivity index (χ4v) is 3.58. The second-order valence-electron chi connectivity index (χ2n) is 6.24. The molecule has 0 saturated carbocycles. The summed E-state index contributed by atoms with van der Waals surface area (Å²) < 4.78 is 44.2. The van der Waals surface area contributed by atoms with E-state index in [-0.39, 0.29) is 22.6 Å². The molecule has 0 spiro atoms. The van der Waals surface area contributed by atoms with Crippen LogP contribution in [0.4, 0.5) is 10.1 Å². The van der Waals surface area contributed by atoms with Crippen LogP contribution < -0.4 is 20.5 Å². The van der Waals surface area contributed by atoms with Gasteiger partial charge in [-0.1, -0.05) is 12.1 Å². The fourth-order valence-electron chi connectivity index (χ4n) is 2.62. The predicted octanol–water partition coefficient (Wildman–Crippen LogP) is 1.34. The summed E-state index contributed by atoms with van der Waals surface area (Å²) in [5.41, 5.74) is 4.02. The first-order valence-electron chi connectivity index (χ1n) is 8.00. The molecule has 4 N–H and O–H groups in total. The van der Waals surface area contributed by atoms with E-state index in [1.54, 1.807) is 0 Å². The van der Waals surface area contributed by atoms with Crippen molar-refractivity contribution in [3.8, 4) is 5.75 Å². The molecule has 0 aliphatic rings. The highest BCUT2D eigenvalue weighted by molar-refractivity contribution is 7.88. The maximum absolute atomic E-state index is 13.3. The number of amides is 2. The lowest BCUT2D eigenvalue weighted by Gasteiger charge is -2.29. The largest absolute Gasteiger partial charge is 0.496 e. The smallest absolute Gasteiger partial charge is 0.252 e. The summed E-state index contributed by atoms with van der Waals surface area (Å²) in [6.07, 6.45) is 0.903.